The lowest BCUT2D eigenvalue weighted by atomic mass is 10.2. The molecule has 140 valence electrons. The van der Waals surface area contributed by atoms with Crippen LogP contribution >= 0.6 is 11.8 Å². The minimum atomic E-state index is -0.0574. The van der Waals surface area contributed by atoms with Gasteiger partial charge in [-0.2, -0.15) is 0 Å². The summed E-state index contributed by atoms with van der Waals surface area (Å²) in [7, 11) is 1.60. The second-order valence-corrected chi connectivity index (χ2v) is 6.62. The topological polar surface area (TPSA) is 64.0 Å². The van der Waals surface area contributed by atoms with Gasteiger partial charge >= 0.3 is 0 Å². The highest BCUT2D eigenvalue weighted by molar-refractivity contribution is 8.18. The van der Waals surface area contributed by atoms with E-state index in [0.717, 1.165) is 11.3 Å². The molecule has 6 nitrogen and oxygen atoms in total. The zero-order chi connectivity index (χ0) is 19.2. The fraction of sp³-hybridized carbons (Fsp3) is 0.250. The highest BCUT2D eigenvalue weighted by Gasteiger charge is 2.32. The molecule has 3 rings (SSSR count). The highest BCUT2D eigenvalue weighted by Crippen LogP contribution is 2.35. The third kappa shape index (κ3) is 4.31. The number of carbonyl (C=O) groups excluding carboxylic acids is 1. The fourth-order valence-corrected chi connectivity index (χ4v) is 3.66. The maximum Gasteiger partial charge on any atom is 0.266 e. The molecule has 2 aromatic rings. The summed E-state index contributed by atoms with van der Waals surface area (Å²) in [5.74, 6) is 1.26. The van der Waals surface area contributed by atoms with Crippen molar-refractivity contribution in [3.63, 3.8) is 0 Å². The van der Waals surface area contributed by atoms with E-state index in [-0.39, 0.29) is 5.91 Å². The number of amidine groups is 1. The fourth-order valence-electron chi connectivity index (χ4n) is 2.60. The van der Waals surface area contributed by atoms with E-state index in [2.05, 4.69) is 9.98 Å². The number of aromatic nitrogens is 1. The smallest absolute Gasteiger partial charge is 0.266 e. The molecule has 0 spiro atoms. The number of likely N-dealkylation sites (N-methyl/N-ethyl adjacent to an activating group) is 1. The second-order valence-electron chi connectivity index (χ2n) is 5.61. The van der Waals surface area contributed by atoms with Crippen LogP contribution in [0.4, 0.5) is 5.69 Å². The number of ether oxygens (including phenoxy) is 2. The Morgan fingerprint density at radius 3 is 2.78 bits per heavy atom. The average molecular weight is 383 g/mol. The first-order valence-electron chi connectivity index (χ1n) is 8.67. The number of pyridine rings is 1. The van der Waals surface area contributed by atoms with Crippen LogP contribution < -0.4 is 9.47 Å². The molecule has 0 radical (unpaired) electrons. The number of benzene rings is 1. The minimum absolute atomic E-state index is 0.0574. The van der Waals surface area contributed by atoms with Crippen molar-refractivity contribution in [1.82, 2.24) is 9.88 Å². The molecule has 1 aromatic carbocycles. The zero-order valence-corrected chi connectivity index (χ0v) is 16.3. The summed E-state index contributed by atoms with van der Waals surface area (Å²) in [5.41, 5.74) is 1.58. The molecule has 0 saturated carbocycles. The summed E-state index contributed by atoms with van der Waals surface area (Å²) in [6.45, 7) is 4.96. The molecule has 0 unspecified atom stereocenters. The van der Waals surface area contributed by atoms with Crippen LogP contribution in [0.1, 0.15) is 19.4 Å². The van der Waals surface area contributed by atoms with Crippen LogP contribution in [0.25, 0.3) is 6.08 Å². The number of carbonyl (C=O) groups is 1. The Morgan fingerprint density at radius 2 is 2.11 bits per heavy atom. The van der Waals surface area contributed by atoms with Gasteiger partial charge in [0.1, 0.15) is 0 Å². The number of methoxy groups -OCH3 is 1. The largest absolute Gasteiger partial charge is 0.493 e. The first kappa shape index (κ1) is 19.0. The Morgan fingerprint density at radius 1 is 1.26 bits per heavy atom. The van der Waals surface area contributed by atoms with Gasteiger partial charge in [-0.15, -0.1) is 0 Å². The molecule has 1 aliphatic heterocycles. The van der Waals surface area contributed by atoms with Gasteiger partial charge in [-0.25, -0.2) is 4.99 Å². The molecule has 0 bridgehead atoms. The van der Waals surface area contributed by atoms with E-state index >= 15 is 0 Å². The van der Waals surface area contributed by atoms with Gasteiger partial charge in [-0.3, -0.25) is 14.7 Å². The lowest BCUT2D eigenvalue weighted by molar-refractivity contribution is -0.122. The summed E-state index contributed by atoms with van der Waals surface area (Å²) >= 11 is 1.36. The van der Waals surface area contributed by atoms with Crippen molar-refractivity contribution < 1.29 is 14.3 Å². The van der Waals surface area contributed by atoms with Crippen LogP contribution in [-0.2, 0) is 4.79 Å². The van der Waals surface area contributed by atoms with Crippen molar-refractivity contribution in [2.45, 2.75) is 13.8 Å². The minimum Gasteiger partial charge on any atom is -0.493 e. The molecule has 7 heteroatoms. The zero-order valence-electron chi connectivity index (χ0n) is 15.5. The van der Waals surface area contributed by atoms with E-state index in [9.17, 15) is 4.79 Å². The molecule has 0 N–H and O–H groups in total. The molecule has 1 aromatic heterocycles. The van der Waals surface area contributed by atoms with Gasteiger partial charge in [0.25, 0.3) is 5.91 Å². The molecule has 1 fully saturated rings. The second kappa shape index (κ2) is 8.73. The van der Waals surface area contributed by atoms with E-state index in [4.69, 9.17) is 9.47 Å². The standard InChI is InChI=1S/C20H21N3O3S/c1-4-23-19(24)18(27-20(23)22-15-7-6-10-21-13-15)12-14-8-9-16(26-5-2)17(11-14)25-3/h6-13H,4-5H2,1-3H3/b18-12-,22-20?. The molecular weight excluding hydrogens is 362 g/mol. The summed E-state index contributed by atoms with van der Waals surface area (Å²) in [4.78, 5) is 23.7. The normalized spacial score (nSPS) is 17.0. The molecule has 0 atom stereocenters. The summed E-state index contributed by atoms with van der Waals surface area (Å²) in [6.07, 6.45) is 5.21. The van der Waals surface area contributed by atoms with Crippen LogP contribution in [-0.4, -0.2) is 41.2 Å². The van der Waals surface area contributed by atoms with Gasteiger partial charge in [0.2, 0.25) is 0 Å². The van der Waals surface area contributed by atoms with Gasteiger partial charge in [0.15, 0.2) is 16.7 Å². The molecule has 27 heavy (non-hydrogen) atoms. The maximum atomic E-state index is 12.7. The Balaban J connectivity index is 1.90. The number of aliphatic imine (C=N–C) groups is 1. The van der Waals surface area contributed by atoms with Crippen molar-refractivity contribution in [1.29, 1.82) is 0 Å². The summed E-state index contributed by atoms with van der Waals surface area (Å²) < 4.78 is 10.9. The van der Waals surface area contributed by atoms with Crippen LogP contribution in [0, 0.1) is 0 Å². The van der Waals surface area contributed by atoms with Crippen LogP contribution in [0.5, 0.6) is 11.5 Å². The Kier molecular flexibility index (Phi) is 6.13. The SMILES string of the molecule is CCOc1ccc(/C=C2\SC(=Nc3cccnc3)N(CC)C2=O)cc1OC. The van der Waals surface area contributed by atoms with Gasteiger partial charge < -0.3 is 9.47 Å². The van der Waals surface area contributed by atoms with Gasteiger partial charge in [0, 0.05) is 12.7 Å². The molecule has 0 aliphatic carbocycles. The predicted octanol–water partition coefficient (Wildman–Crippen LogP) is 4.11. The van der Waals surface area contributed by atoms with E-state index in [0.29, 0.717) is 34.7 Å². The lowest BCUT2D eigenvalue weighted by Gasteiger charge is -2.11. The first-order chi connectivity index (χ1) is 13.2. The van der Waals surface area contributed by atoms with Crippen LogP contribution in [0.2, 0.25) is 0 Å². The monoisotopic (exact) mass is 383 g/mol. The van der Waals surface area contributed by atoms with Gasteiger partial charge in [-0.05, 0) is 61.5 Å². The van der Waals surface area contributed by atoms with Crippen LogP contribution in [0.15, 0.2) is 52.6 Å². The van der Waals surface area contributed by atoms with E-state index in [1.807, 2.05) is 50.3 Å². The summed E-state index contributed by atoms with van der Waals surface area (Å²) in [6, 6.07) is 9.29. The number of rotatable bonds is 6. The van der Waals surface area contributed by atoms with Crippen LogP contribution in [0.3, 0.4) is 0 Å². The predicted molar refractivity (Wildman–Crippen MR) is 108 cm³/mol. The number of hydrogen-bond donors (Lipinski definition) is 0. The van der Waals surface area contributed by atoms with E-state index in [1.165, 1.54) is 11.8 Å². The quantitative estimate of drug-likeness (QED) is 0.703. The molecule has 1 saturated heterocycles. The third-order valence-corrected chi connectivity index (χ3v) is 4.87. The Labute approximate surface area is 162 Å². The number of thioether (sulfide) groups is 1. The number of nitrogens with zero attached hydrogens (tertiary/aromatic N) is 3. The molecule has 1 aliphatic rings. The molecule has 1 amide bonds. The van der Waals surface area contributed by atoms with Crippen molar-refractivity contribution in [2.24, 2.45) is 4.99 Å². The highest BCUT2D eigenvalue weighted by atomic mass is 32.2. The summed E-state index contributed by atoms with van der Waals surface area (Å²) in [5, 5.41) is 0.652. The van der Waals surface area contributed by atoms with Crippen molar-refractivity contribution >= 4 is 34.6 Å². The van der Waals surface area contributed by atoms with Crippen molar-refractivity contribution in [3.8, 4) is 11.5 Å². The van der Waals surface area contributed by atoms with Gasteiger partial charge in [0.05, 0.1) is 30.5 Å². The Bertz CT molecular complexity index is 881. The Hall–Kier alpha value is -2.80. The van der Waals surface area contributed by atoms with E-state index in [1.54, 1.807) is 24.4 Å². The lowest BCUT2D eigenvalue weighted by Crippen LogP contribution is -2.28. The maximum absolute atomic E-state index is 12.7. The van der Waals surface area contributed by atoms with Crippen molar-refractivity contribution in [3.05, 3.63) is 53.2 Å². The third-order valence-electron chi connectivity index (χ3n) is 3.86. The van der Waals surface area contributed by atoms with Gasteiger partial charge in [-0.1, -0.05) is 6.07 Å². The first-order valence-corrected chi connectivity index (χ1v) is 9.48. The van der Waals surface area contributed by atoms with E-state index < -0.39 is 0 Å². The molecular formula is C20H21N3O3S. The van der Waals surface area contributed by atoms with Crippen molar-refractivity contribution in [2.75, 3.05) is 20.3 Å². The average Bonchev–Trinajstić information content (AvgIpc) is 2.98. The molecule has 2 heterocycles. The number of hydrogen-bond acceptors (Lipinski definition) is 6. The number of amides is 1.